The van der Waals surface area contributed by atoms with Crippen molar-refractivity contribution in [3.05, 3.63) is 71.3 Å². The molecule has 0 amide bonds. The molecule has 0 aliphatic heterocycles. The zero-order valence-electron chi connectivity index (χ0n) is 11.2. The molecule has 3 aromatic rings. The molecule has 0 fully saturated rings. The quantitative estimate of drug-likeness (QED) is 0.730. The average molecular weight is 302 g/mol. The first-order valence-corrected chi connectivity index (χ1v) is 7.00. The van der Waals surface area contributed by atoms with E-state index in [0.717, 1.165) is 23.4 Å². The van der Waals surface area contributed by atoms with Gasteiger partial charge >= 0.3 is 0 Å². The smallest absolute Gasteiger partial charge is 0.225 e. The van der Waals surface area contributed by atoms with Crippen molar-refractivity contribution in [1.82, 2.24) is 14.8 Å². The maximum Gasteiger partial charge on any atom is 0.225 e. The molecule has 0 atom stereocenters. The van der Waals surface area contributed by atoms with Crippen LogP contribution in [0.5, 0.6) is 0 Å². The van der Waals surface area contributed by atoms with E-state index in [2.05, 4.69) is 10.2 Å². The first kappa shape index (κ1) is 13.8. The summed E-state index contributed by atoms with van der Waals surface area (Å²) in [5, 5.41) is 8.43. The van der Waals surface area contributed by atoms with E-state index in [1.807, 2.05) is 34.9 Å². The number of benzene rings is 2. The summed E-state index contributed by atoms with van der Waals surface area (Å²) in [5.41, 5.74) is 2.01. The number of halogens is 2. The maximum atomic E-state index is 12.9. The molecule has 3 nitrogen and oxygen atoms in total. The van der Waals surface area contributed by atoms with Crippen molar-refractivity contribution < 1.29 is 4.39 Å². The molecule has 0 unspecified atom stereocenters. The van der Waals surface area contributed by atoms with Gasteiger partial charge in [0.2, 0.25) is 5.28 Å². The number of rotatable bonds is 4. The number of aromatic nitrogens is 3. The molecular formula is C16H13ClFN3. The first-order chi connectivity index (χ1) is 10.2. The highest BCUT2D eigenvalue weighted by Gasteiger charge is 2.11. The van der Waals surface area contributed by atoms with E-state index in [0.29, 0.717) is 11.8 Å². The Labute approximate surface area is 127 Å². The van der Waals surface area contributed by atoms with Crippen LogP contribution >= 0.6 is 11.6 Å². The fourth-order valence-electron chi connectivity index (χ4n) is 2.17. The highest BCUT2D eigenvalue weighted by molar-refractivity contribution is 6.28. The van der Waals surface area contributed by atoms with E-state index < -0.39 is 0 Å². The van der Waals surface area contributed by atoms with E-state index in [1.54, 1.807) is 12.1 Å². The van der Waals surface area contributed by atoms with Crippen LogP contribution in [-0.2, 0) is 13.0 Å². The largest absolute Gasteiger partial charge is 0.297 e. The summed E-state index contributed by atoms with van der Waals surface area (Å²) in [6.45, 7) is 0.641. The van der Waals surface area contributed by atoms with Gasteiger partial charge in [0.25, 0.3) is 0 Å². The fraction of sp³-hybridized carbons (Fsp3) is 0.125. The van der Waals surface area contributed by atoms with E-state index >= 15 is 0 Å². The average Bonchev–Trinajstić information content (AvgIpc) is 2.89. The minimum Gasteiger partial charge on any atom is -0.297 e. The number of nitrogens with zero attached hydrogens (tertiary/aromatic N) is 3. The molecule has 2 aromatic carbocycles. The van der Waals surface area contributed by atoms with E-state index in [9.17, 15) is 4.39 Å². The molecule has 0 aliphatic carbocycles. The van der Waals surface area contributed by atoms with Gasteiger partial charge in [-0.1, -0.05) is 42.5 Å². The van der Waals surface area contributed by atoms with Crippen molar-refractivity contribution in [2.75, 3.05) is 0 Å². The van der Waals surface area contributed by atoms with E-state index in [-0.39, 0.29) is 5.82 Å². The van der Waals surface area contributed by atoms with Crippen LogP contribution in [0.4, 0.5) is 4.39 Å². The van der Waals surface area contributed by atoms with Crippen molar-refractivity contribution in [3.8, 4) is 11.4 Å². The highest BCUT2D eigenvalue weighted by atomic mass is 35.5. The number of aryl methyl sites for hydroxylation is 1. The van der Waals surface area contributed by atoms with Gasteiger partial charge in [0.05, 0.1) is 0 Å². The summed E-state index contributed by atoms with van der Waals surface area (Å²) in [6.07, 6.45) is 0.734. The van der Waals surface area contributed by atoms with Crippen LogP contribution in [0.25, 0.3) is 11.4 Å². The second-order valence-electron chi connectivity index (χ2n) is 4.69. The monoisotopic (exact) mass is 301 g/mol. The summed E-state index contributed by atoms with van der Waals surface area (Å²) in [4.78, 5) is 0. The number of hydrogen-bond acceptors (Lipinski definition) is 2. The predicted molar refractivity (Wildman–Crippen MR) is 80.6 cm³/mol. The van der Waals surface area contributed by atoms with Gasteiger partial charge in [-0.2, -0.15) is 0 Å². The normalized spacial score (nSPS) is 10.8. The predicted octanol–water partition coefficient (Wildman–Crippen LogP) is 3.98. The zero-order chi connectivity index (χ0) is 14.7. The van der Waals surface area contributed by atoms with Gasteiger partial charge in [0.1, 0.15) is 5.82 Å². The minimum atomic E-state index is -0.231. The Morgan fingerprint density at radius 3 is 2.38 bits per heavy atom. The lowest BCUT2D eigenvalue weighted by molar-refractivity contribution is 0.625. The molecule has 0 aliphatic rings. The topological polar surface area (TPSA) is 30.7 Å². The Bertz CT molecular complexity index is 723. The van der Waals surface area contributed by atoms with Crippen LogP contribution in [0.1, 0.15) is 5.56 Å². The Morgan fingerprint density at radius 2 is 1.67 bits per heavy atom. The molecule has 0 spiro atoms. The van der Waals surface area contributed by atoms with Gasteiger partial charge < -0.3 is 0 Å². The first-order valence-electron chi connectivity index (χ1n) is 6.62. The Hall–Kier alpha value is -2.20. The van der Waals surface area contributed by atoms with E-state index in [1.165, 1.54) is 12.1 Å². The van der Waals surface area contributed by atoms with E-state index in [4.69, 9.17) is 11.6 Å². The van der Waals surface area contributed by atoms with Crippen molar-refractivity contribution in [2.24, 2.45) is 0 Å². The van der Waals surface area contributed by atoms with Gasteiger partial charge in [-0.15, -0.1) is 10.2 Å². The second kappa shape index (κ2) is 6.06. The lowest BCUT2D eigenvalue weighted by atomic mass is 10.1. The molecule has 0 saturated heterocycles. The summed E-state index contributed by atoms with van der Waals surface area (Å²) in [5.74, 6) is 0.508. The Morgan fingerprint density at radius 1 is 0.952 bits per heavy atom. The molecule has 0 bridgehead atoms. The molecule has 0 radical (unpaired) electrons. The SMILES string of the molecule is Fc1ccc(CCn2c(Cl)nnc2-c2ccccc2)cc1. The van der Waals surface area contributed by atoms with Gasteiger partial charge in [-0.25, -0.2) is 4.39 Å². The molecule has 5 heteroatoms. The van der Waals surface area contributed by atoms with Crippen molar-refractivity contribution in [3.63, 3.8) is 0 Å². The maximum absolute atomic E-state index is 12.9. The summed E-state index contributed by atoms with van der Waals surface area (Å²) < 4.78 is 14.8. The van der Waals surface area contributed by atoms with Gasteiger partial charge in [-0.05, 0) is 35.7 Å². The van der Waals surface area contributed by atoms with Crippen LogP contribution < -0.4 is 0 Å². The Kier molecular flexibility index (Phi) is 3.97. The lowest BCUT2D eigenvalue weighted by Gasteiger charge is -2.08. The summed E-state index contributed by atoms with van der Waals surface area (Å²) >= 11 is 6.12. The highest BCUT2D eigenvalue weighted by Crippen LogP contribution is 2.21. The van der Waals surface area contributed by atoms with Crippen LogP contribution in [0.2, 0.25) is 5.28 Å². The molecule has 0 saturated carbocycles. The third kappa shape index (κ3) is 3.11. The van der Waals surface area contributed by atoms with Gasteiger partial charge in [-0.3, -0.25) is 4.57 Å². The summed E-state index contributed by atoms with van der Waals surface area (Å²) in [7, 11) is 0. The fourth-order valence-corrected chi connectivity index (χ4v) is 2.38. The second-order valence-corrected chi connectivity index (χ2v) is 5.02. The van der Waals surface area contributed by atoms with Gasteiger partial charge in [0, 0.05) is 12.1 Å². The molecule has 21 heavy (non-hydrogen) atoms. The molecule has 106 valence electrons. The third-order valence-electron chi connectivity index (χ3n) is 3.27. The molecule has 0 N–H and O–H groups in total. The van der Waals surface area contributed by atoms with Crippen molar-refractivity contribution >= 4 is 11.6 Å². The van der Waals surface area contributed by atoms with Crippen LogP contribution in [0.3, 0.4) is 0 Å². The van der Waals surface area contributed by atoms with Crippen molar-refractivity contribution in [2.45, 2.75) is 13.0 Å². The van der Waals surface area contributed by atoms with Crippen molar-refractivity contribution in [1.29, 1.82) is 0 Å². The minimum absolute atomic E-state index is 0.231. The van der Waals surface area contributed by atoms with Crippen LogP contribution in [0.15, 0.2) is 54.6 Å². The van der Waals surface area contributed by atoms with Crippen LogP contribution in [0, 0.1) is 5.82 Å². The van der Waals surface area contributed by atoms with Crippen LogP contribution in [-0.4, -0.2) is 14.8 Å². The summed E-state index contributed by atoms with van der Waals surface area (Å²) in [6, 6.07) is 16.2. The Balaban J connectivity index is 1.82. The molecule has 1 heterocycles. The molecule has 3 rings (SSSR count). The molecule has 1 aromatic heterocycles. The number of hydrogen-bond donors (Lipinski definition) is 0. The zero-order valence-corrected chi connectivity index (χ0v) is 12.0. The van der Waals surface area contributed by atoms with Gasteiger partial charge in [0.15, 0.2) is 5.82 Å². The third-order valence-corrected chi connectivity index (χ3v) is 3.55. The lowest BCUT2D eigenvalue weighted by Crippen LogP contribution is -2.04. The molecular weight excluding hydrogens is 289 g/mol. The standard InChI is InChI=1S/C16H13ClFN3/c17-16-20-19-15(13-4-2-1-3-5-13)21(16)11-10-12-6-8-14(18)9-7-12/h1-9H,10-11H2.